The van der Waals surface area contributed by atoms with Crippen LogP contribution in [0.25, 0.3) is 5.76 Å². The number of aliphatic hydroxyl groups excluding tert-OH is 1. The number of Topliss-reactive ketones (excluding diaryl/α,β-unsaturated/α-hetero) is 1. The number of likely N-dealkylation sites (tertiary alicyclic amines) is 1. The number of aryl methyl sites for hydroxylation is 1. The van der Waals surface area contributed by atoms with Crippen molar-refractivity contribution in [2.45, 2.75) is 19.5 Å². The Balaban J connectivity index is 1.80. The number of carbonyl (C=O) groups is 3. The second kappa shape index (κ2) is 9.95. The van der Waals surface area contributed by atoms with Gasteiger partial charge in [0.05, 0.1) is 31.4 Å². The fraction of sp³-hybridized carbons (Fsp3) is 0.179. The van der Waals surface area contributed by atoms with Crippen molar-refractivity contribution in [1.29, 1.82) is 0 Å². The van der Waals surface area contributed by atoms with Crippen LogP contribution in [0.2, 0.25) is 0 Å². The van der Waals surface area contributed by atoms with Crippen molar-refractivity contribution < 1.29 is 34.1 Å². The van der Waals surface area contributed by atoms with Gasteiger partial charge in [0.15, 0.2) is 0 Å². The molecule has 0 saturated carbocycles. The molecule has 36 heavy (non-hydrogen) atoms. The number of carbonyl (C=O) groups excluding carboxylic acids is 3. The first-order valence-electron chi connectivity index (χ1n) is 11.1. The van der Waals surface area contributed by atoms with Gasteiger partial charge in [-0.1, -0.05) is 24.3 Å². The highest BCUT2D eigenvalue weighted by atomic mass is 16.5. The van der Waals surface area contributed by atoms with Gasteiger partial charge in [0, 0.05) is 12.1 Å². The van der Waals surface area contributed by atoms with Crippen molar-refractivity contribution in [2.75, 3.05) is 14.2 Å². The van der Waals surface area contributed by atoms with Crippen LogP contribution in [0.4, 0.5) is 0 Å². The molecule has 1 fully saturated rings. The van der Waals surface area contributed by atoms with Crippen molar-refractivity contribution in [1.82, 2.24) is 4.90 Å². The standard InChI is InChI=1S/C28H25NO7/c1-16-14-20(10-13-22(16)35-2)25(31)23-24(18-8-11-21(30)12-9-18)29(27(33)26(23)32)15-17-4-6-19(7-5-17)28(34)36-3/h4-14,24,30-31H,15H2,1-3H3/b25-23-. The zero-order valence-electron chi connectivity index (χ0n) is 20.0. The normalized spacial score (nSPS) is 16.8. The maximum absolute atomic E-state index is 13.2. The number of aromatic hydroxyl groups is 1. The third-order valence-corrected chi connectivity index (χ3v) is 6.15. The zero-order chi connectivity index (χ0) is 26.0. The van der Waals surface area contributed by atoms with Crippen LogP contribution in [0.3, 0.4) is 0 Å². The maximum atomic E-state index is 13.2. The minimum absolute atomic E-state index is 0.0277. The third-order valence-electron chi connectivity index (χ3n) is 6.15. The number of benzene rings is 3. The fourth-order valence-corrected chi connectivity index (χ4v) is 4.29. The number of hydrogen-bond donors (Lipinski definition) is 2. The van der Waals surface area contributed by atoms with Crippen LogP contribution in [-0.4, -0.2) is 47.0 Å². The monoisotopic (exact) mass is 487 g/mol. The first-order valence-corrected chi connectivity index (χ1v) is 11.1. The quantitative estimate of drug-likeness (QED) is 0.233. The molecular formula is C28H25NO7. The van der Waals surface area contributed by atoms with E-state index in [0.29, 0.717) is 28.0 Å². The van der Waals surface area contributed by atoms with Crippen molar-refractivity contribution in [3.05, 3.63) is 100 Å². The predicted molar refractivity (Wildman–Crippen MR) is 131 cm³/mol. The maximum Gasteiger partial charge on any atom is 0.337 e. The molecule has 2 N–H and O–H groups in total. The van der Waals surface area contributed by atoms with E-state index < -0.39 is 23.7 Å². The summed E-state index contributed by atoms with van der Waals surface area (Å²) in [6, 6.07) is 16.7. The number of nitrogens with zero attached hydrogens (tertiary/aromatic N) is 1. The minimum Gasteiger partial charge on any atom is -0.508 e. The van der Waals surface area contributed by atoms with Crippen molar-refractivity contribution in [3.63, 3.8) is 0 Å². The van der Waals surface area contributed by atoms with Gasteiger partial charge < -0.3 is 24.6 Å². The second-order valence-electron chi connectivity index (χ2n) is 8.39. The van der Waals surface area contributed by atoms with E-state index in [1.165, 1.54) is 31.3 Å². The van der Waals surface area contributed by atoms with Crippen molar-refractivity contribution >= 4 is 23.4 Å². The van der Waals surface area contributed by atoms with Gasteiger partial charge in [-0.2, -0.15) is 0 Å². The van der Waals surface area contributed by atoms with Gasteiger partial charge in [0.2, 0.25) is 0 Å². The Labute approximate surface area is 208 Å². The van der Waals surface area contributed by atoms with E-state index in [2.05, 4.69) is 0 Å². The summed E-state index contributed by atoms with van der Waals surface area (Å²) in [5.74, 6) is -1.72. The fourth-order valence-electron chi connectivity index (χ4n) is 4.29. The summed E-state index contributed by atoms with van der Waals surface area (Å²) in [6.45, 7) is 1.86. The average molecular weight is 488 g/mol. The number of phenolic OH excluding ortho intramolecular Hbond substituents is 1. The highest BCUT2D eigenvalue weighted by Gasteiger charge is 2.46. The lowest BCUT2D eigenvalue weighted by Crippen LogP contribution is -2.29. The molecule has 8 heteroatoms. The smallest absolute Gasteiger partial charge is 0.337 e. The van der Waals surface area contributed by atoms with Gasteiger partial charge in [-0.15, -0.1) is 0 Å². The average Bonchev–Trinajstić information content (AvgIpc) is 3.13. The highest BCUT2D eigenvalue weighted by molar-refractivity contribution is 6.46. The Morgan fingerprint density at radius 1 is 0.944 bits per heavy atom. The molecule has 0 spiro atoms. The number of aliphatic hydroxyl groups is 1. The van der Waals surface area contributed by atoms with E-state index in [4.69, 9.17) is 9.47 Å². The molecule has 0 aromatic heterocycles. The third kappa shape index (κ3) is 4.53. The summed E-state index contributed by atoms with van der Waals surface area (Å²) < 4.78 is 10.00. The molecule has 8 nitrogen and oxygen atoms in total. The van der Waals surface area contributed by atoms with Gasteiger partial charge in [-0.25, -0.2) is 4.79 Å². The summed E-state index contributed by atoms with van der Waals surface area (Å²) >= 11 is 0. The number of hydrogen-bond acceptors (Lipinski definition) is 7. The number of phenols is 1. The molecule has 1 unspecified atom stereocenters. The Bertz CT molecular complexity index is 1360. The molecule has 1 amide bonds. The molecule has 3 aromatic carbocycles. The first-order chi connectivity index (χ1) is 17.2. The first kappa shape index (κ1) is 24.5. The Morgan fingerprint density at radius 2 is 1.58 bits per heavy atom. The zero-order valence-corrected chi connectivity index (χ0v) is 20.0. The molecule has 1 heterocycles. The van der Waals surface area contributed by atoms with Gasteiger partial charge >= 0.3 is 5.97 Å². The second-order valence-corrected chi connectivity index (χ2v) is 8.39. The molecule has 4 rings (SSSR count). The van der Waals surface area contributed by atoms with Crippen LogP contribution in [-0.2, 0) is 20.9 Å². The van der Waals surface area contributed by atoms with E-state index in [9.17, 15) is 24.6 Å². The summed E-state index contributed by atoms with van der Waals surface area (Å²) in [5.41, 5.74) is 2.65. The van der Waals surface area contributed by atoms with Crippen LogP contribution >= 0.6 is 0 Å². The van der Waals surface area contributed by atoms with Gasteiger partial charge in [0.25, 0.3) is 11.7 Å². The molecule has 1 saturated heterocycles. The Kier molecular flexibility index (Phi) is 6.78. The molecule has 0 aliphatic carbocycles. The summed E-state index contributed by atoms with van der Waals surface area (Å²) in [5, 5.41) is 21.0. The molecule has 1 aliphatic rings. The molecule has 1 atom stereocenters. The molecule has 184 valence electrons. The molecule has 0 bridgehead atoms. The van der Waals surface area contributed by atoms with Crippen LogP contribution in [0, 0.1) is 6.92 Å². The largest absolute Gasteiger partial charge is 0.508 e. The summed E-state index contributed by atoms with van der Waals surface area (Å²) in [7, 11) is 2.83. The van der Waals surface area contributed by atoms with Gasteiger partial charge in [0.1, 0.15) is 17.3 Å². The molecule has 1 aliphatic heterocycles. The van der Waals surface area contributed by atoms with E-state index in [1.54, 1.807) is 54.6 Å². The number of esters is 1. The SMILES string of the molecule is COC(=O)c1ccc(CN2C(=O)C(=O)/C(=C(\O)c3ccc(OC)c(C)c3)C2c2ccc(O)cc2)cc1. The van der Waals surface area contributed by atoms with Crippen LogP contribution in [0.5, 0.6) is 11.5 Å². The van der Waals surface area contributed by atoms with Crippen LogP contribution < -0.4 is 4.74 Å². The number of ketones is 1. The number of rotatable bonds is 6. The topological polar surface area (TPSA) is 113 Å². The predicted octanol–water partition coefficient (Wildman–Crippen LogP) is 4.12. The minimum atomic E-state index is -0.895. The molecular weight excluding hydrogens is 462 g/mol. The van der Waals surface area contributed by atoms with Gasteiger partial charge in [-0.3, -0.25) is 9.59 Å². The van der Waals surface area contributed by atoms with Gasteiger partial charge in [-0.05, 0) is 66.1 Å². The Morgan fingerprint density at radius 3 is 2.17 bits per heavy atom. The van der Waals surface area contributed by atoms with Crippen LogP contribution in [0.15, 0.2) is 72.3 Å². The van der Waals surface area contributed by atoms with Crippen molar-refractivity contribution in [2.24, 2.45) is 0 Å². The van der Waals surface area contributed by atoms with Crippen molar-refractivity contribution in [3.8, 4) is 11.5 Å². The molecule has 3 aromatic rings. The number of amides is 1. The number of methoxy groups -OCH3 is 2. The van der Waals surface area contributed by atoms with E-state index in [0.717, 1.165) is 5.56 Å². The Hall–Kier alpha value is -4.59. The van der Waals surface area contributed by atoms with E-state index in [-0.39, 0.29) is 23.6 Å². The number of ether oxygens (including phenoxy) is 2. The van der Waals surface area contributed by atoms with E-state index >= 15 is 0 Å². The lowest BCUT2D eigenvalue weighted by molar-refractivity contribution is -0.140. The summed E-state index contributed by atoms with van der Waals surface area (Å²) in [6.07, 6.45) is 0. The summed E-state index contributed by atoms with van der Waals surface area (Å²) in [4.78, 5) is 39.5. The highest BCUT2D eigenvalue weighted by Crippen LogP contribution is 2.41. The van der Waals surface area contributed by atoms with Crippen LogP contribution in [0.1, 0.15) is 38.7 Å². The lowest BCUT2D eigenvalue weighted by atomic mass is 9.94. The van der Waals surface area contributed by atoms with E-state index in [1.807, 2.05) is 6.92 Å². The molecule has 0 radical (unpaired) electrons. The lowest BCUT2D eigenvalue weighted by Gasteiger charge is -2.25.